The number of rotatable bonds is 6. The van der Waals surface area contributed by atoms with E-state index in [0.717, 1.165) is 19.3 Å². The largest absolute Gasteiger partial charge is 0.333 e. The minimum atomic E-state index is 0.00176. The molecule has 0 bridgehead atoms. The van der Waals surface area contributed by atoms with Crippen molar-refractivity contribution < 1.29 is 0 Å². The van der Waals surface area contributed by atoms with Crippen LogP contribution in [0.4, 0.5) is 11.4 Å². The number of nitrogens with zero attached hydrogens (tertiary/aromatic N) is 1. The maximum absolute atomic E-state index is 2.70. The monoisotopic (exact) mass is 851 g/mol. The molecule has 11 aromatic carbocycles. The summed E-state index contributed by atoms with van der Waals surface area (Å²) < 4.78 is 0. The fourth-order valence-corrected chi connectivity index (χ4v) is 12.1. The number of benzene rings is 11. The fourth-order valence-electron chi connectivity index (χ4n) is 12.1. The molecule has 0 aliphatic heterocycles. The molecule has 11 aromatic rings. The second kappa shape index (κ2) is 15.2. The lowest BCUT2D eigenvalue weighted by Crippen LogP contribution is -2.33. The zero-order valence-electron chi connectivity index (χ0n) is 37.1. The lowest BCUT2D eigenvalue weighted by atomic mass is 9.77. The summed E-state index contributed by atoms with van der Waals surface area (Å²) in [7, 11) is 0. The summed E-state index contributed by atoms with van der Waals surface area (Å²) in [5.41, 5.74) is 18.2. The lowest BCUT2D eigenvalue weighted by Gasteiger charge is -2.37. The van der Waals surface area contributed by atoms with Gasteiger partial charge in [-0.05, 0) is 147 Å². The molecular weight excluding hydrogens is 807 g/mol. The van der Waals surface area contributed by atoms with Crippen LogP contribution < -0.4 is 4.90 Å². The Hall–Kier alpha value is -8.26. The number of hydrogen-bond acceptors (Lipinski definition) is 1. The summed E-state index contributed by atoms with van der Waals surface area (Å²) in [6.07, 6.45) is 14.8. The van der Waals surface area contributed by atoms with Gasteiger partial charge in [-0.3, -0.25) is 0 Å². The molecule has 0 amide bonds. The first-order valence-electron chi connectivity index (χ1n) is 23.8. The van der Waals surface area contributed by atoms with E-state index in [4.69, 9.17) is 0 Å². The first kappa shape index (κ1) is 38.1. The molecule has 1 unspecified atom stereocenters. The van der Waals surface area contributed by atoms with Gasteiger partial charge < -0.3 is 4.90 Å². The van der Waals surface area contributed by atoms with Gasteiger partial charge in [0.2, 0.25) is 0 Å². The van der Waals surface area contributed by atoms with Crippen LogP contribution in [0, 0.1) is 0 Å². The number of anilines is 2. The van der Waals surface area contributed by atoms with Gasteiger partial charge in [0.15, 0.2) is 0 Å². The van der Waals surface area contributed by atoms with E-state index in [1.54, 1.807) is 0 Å². The van der Waals surface area contributed by atoms with Gasteiger partial charge in [0.1, 0.15) is 0 Å². The van der Waals surface area contributed by atoms with E-state index in [9.17, 15) is 0 Å². The second-order valence-corrected chi connectivity index (χ2v) is 18.5. The lowest BCUT2D eigenvalue weighted by molar-refractivity contribution is 0.776. The van der Waals surface area contributed by atoms with E-state index in [1.165, 1.54) is 132 Å². The van der Waals surface area contributed by atoms with Gasteiger partial charge >= 0.3 is 0 Å². The molecule has 3 aliphatic rings. The quantitative estimate of drug-likeness (QED) is 0.151. The van der Waals surface area contributed by atoms with E-state index in [2.05, 4.69) is 235 Å². The third-order valence-electron chi connectivity index (χ3n) is 15.0. The van der Waals surface area contributed by atoms with Crippen LogP contribution in [0.1, 0.15) is 29.5 Å². The Kier molecular flexibility index (Phi) is 8.61. The minimum absolute atomic E-state index is 0.00176. The average molecular weight is 852 g/mol. The molecule has 14 rings (SSSR count). The third kappa shape index (κ3) is 5.81. The highest BCUT2D eigenvalue weighted by atomic mass is 15.2. The van der Waals surface area contributed by atoms with Gasteiger partial charge in [-0.1, -0.05) is 212 Å². The number of allylic oxidation sites excluding steroid dienone is 4. The van der Waals surface area contributed by atoms with Crippen LogP contribution in [0.2, 0.25) is 0 Å². The topological polar surface area (TPSA) is 3.24 Å². The van der Waals surface area contributed by atoms with Crippen LogP contribution in [0.25, 0.3) is 110 Å². The van der Waals surface area contributed by atoms with Gasteiger partial charge in [0.25, 0.3) is 0 Å². The van der Waals surface area contributed by atoms with Crippen molar-refractivity contribution in [3.05, 3.63) is 241 Å². The molecule has 1 nitrogen and oxygen atoms in total. The first-order chi connectivity index (χ1) is 33.3. The zero-order chi connectivity index (χ0) is 44.0. The molecule has 0 N–H and O–H groups in total. The summed E-state index contributed by atoms with van der Waals surface area (Å²) >= 11 is 0. The van der Waals surface area contributed by atoms with Crippen molar-refractivity contribution in [3.8, 4) is 44.5 Å². The highest BCUT2D eigenvalue weighted by Crippen LogP contribution is 2.53. The van der Waals surface area contributed by atoms with E-state index < -0.39 is 0 Å². The summed E-state index contributed by atoms with van der Waals surface area (Å²) in [4.78, 5) is 2.70. The van der Waals surface area contributed by atoms with E-state index in [0.29, 0.717) is 0 Å². The summed E-state index contributed by atoms with van der Waals surface area (Å²) in [5, 5.41) is 13.0. The molecule has 0 fully saturated rings. The first-order valence-corrected chi connectivity index (χ1v) is 23.8. The SMILES string of the molecule is C1=CCCC(c2cc(-c3ccccc3)c(-c3ccccc3)c3c4c(c5ccccc5c23)CC(N(c2ccc3c5c(cccc25)-c2ccccc2-3)c2cc3ccccc3c3ccccc23)C=C4)=C1. The smallest absolute Gasteiger partial charge is 0.0566 e. The molecule has 0 heterocycles. The maximum atomic E-state index is 2.70. The molecule has 0 aromatic heterocycles. The van der Waals surface area contributed by atoms with Gasteiger partial charge in [-0.25, -0.2) is 0 Å². The molecule has 3 aliphatic carbocycles. The third-order valence-corrected chi connectivity index (χ3v) is 15.0. The van der Waals surface area contributed by atoms with Crippen molar-refractivity contribution >= 4 is 76.9 Å². The predicted molar refractivity (Wildman–Crippen MR) is 287 cm³/mol. The van der Waals surface area contributed by atoms with Crippen LogP contribution in [0.5, 0.6) is 0 Å². The molecule has 0 spiro atoms. The van der Waals surface area contributed by atoms with Gasteiger partial charge in [0.05, 0.1) is 11.7 Å². The summed E-state index contributed by atoms with van der Waals surface area (Å²) in [6, 6.07) is 75.0. The molecule has 1 heteroatoms. The Morgan fingerprint density at radius 2 is 1.06 bits per heavy atom. The van der Waals surface area contributed by atoms with Crippen molar-refractivity contribution in [2.45, 2.75) is 25.3 Å². The molecule has 67 heavy (non-hydrogen) atoms. The Balaban J connectivity index is 1.08. The van der Waals surface area contributed by atoms with Crippen molar-refractivity contribution in [2.24, 2.45) is 0 Å². The van der Waals surface area contributed by atoms with Crippen LogP contribution in [0.15, 0.2) is 224 Å². The normalized spacial score (nSPS) is 14.8. The van der Waals surface area contributed by atoms with Crippen molar-refractivity contribution in [2.75, 3.05) is 4.90 Å². The van der Waals surface area contributed by atoms with Crippen LogP contribution in [-0.4, -0.2) is 6.04 Å². The Morgan fingerprint density at radius 3 is 1.84 bits per heavy atom. The number of hydrogen-bond donors (Lipinski definition) is 0. The van der Waals surface area contributed by atoms with Gasteiger partial charge in [-0.15, -0.1) is 0 Å². The molecule has 0 saturated carbocycles. The van der Waals surface area contributed by atoms with Crippen LogP contribution in [0.3, 0.4) is 0 Å². The highest BCUT2D eigenvalue weighted by molar-refractivity contribution is 6.24. The van der Waals surface area contributed by atoms with Crippen molar-refractivity contribution in [1.29, 1.82) is 0 Å². The Labute approximate surface area is 390 Å². The van der Waals surface area contributed by atoms with Crippen LogP contribution in [-0.2, 0) is 6.42 Å². The minimum Gasteiger partial charge on any atom is -0.333 e. The Morgan fingerprint density at radius 1 is 0.418 bits per heavy atom. The standard InChI is InChI=1S/C66H45N/c1-4-19-42(20-5-1)58-41-59(43-21-6-2-7-22-43)65-54-32-17-15-30-51(54)60-40-46(35-36-56(60)66(65)63(58)44-23-8-3-9-24-44)67(62-39-45-25-10-11-26-47(45)48-27-14-16-31-52(48)62)61-38-37-55-50-29-13-12-28-49(50)53-33-18-34-57(61)64(53)55/h1-6,8-21,23-39,41,46H,7,22,40H2. The van der Waals surface area contributed by atoms with E-state index >= 15 is 0 Å². The Bertz CT molecular complexity index is 3910. The number of fused-ring (bicyclic) bond motifs is 12. The molecule has 0 radical (unpaired) electrons. The average Bonchev–Trinajstić information content (AvgIpc) is 3.74. The van der Waals surface area contributed by atoms with Gasteiger partial charge in [0, 0.05) is 16.5 Å². The summed E-state index contributed by atoms with van der Waals surface area (Å²) in [5.74, 6) is 0. The van der Waals surface area contributed by atoms with Crippen molar-refractivity contribution in [1.82, 2.24) is 0 Å². The van der Waals surface area contributed by atoms with Gasteiger partial charge in [-0.2, -0.15) is 0 Å². The zero-order valence-corrected chi connectivity index (χ0v) is 37.1. The van der Waals surface area contributed by atoms with E-state index in [1.807, 2.05) is 0 Å². The van der Waals surface area contributed by atoms with E-state index in [-0.39, 0.29) is 6.04 Å². The highest BCUT2D eigenvalue weighted by Gasteiger charge is 2.32. The van der Waals surface area contributed by atoms with Crippen LogP contribution >= 0.6 is 0 Å². The predicted octanol–water partition coefficient (Wildman–Crippen LogP) is 17.9. The maximum Gasteiger partial charge on any atom is 0.0566 e. The molecule has 1 atom stereocenters. The molecular formula is C66H45N. The fraction of sp³-hybridized carbons (Fsp3) is 0.0606. The molecule has 0 saturated heterocycles. The summed E-state index contributed by atoms with van der Waals surface area (Å²) in [6.45, 7) is 0. The molecule has 314 valence electrons. The second-order valence-electron chi connectivity index (χ2n) is 18.5. The van der Waals surface area contributed by atoms with Crippen molar-refractivity contribution in [3.63, 3.8) is 0 Å².